The lowest BCUT2D eigenvalue weighted by Crippen LogP contribution is -1.90. The van der Waals surface area contributed by atoms with Crippen LogP contribution in [0, 0.1) is 0 Å². The van der Waals surface area contributed by atoms with Crippen LogP contribution in [-0.2, 0) is 19.3 Å². The Balaban J connectivity index is 1.84. The molecule has 0 saturated heterocycles. The van der Waals surface area contributed by atoms with E-state index in [2.05, 4.69) is 99.7 Å². The van der Waals surface area contributed by atoms with Crippen LogP contribution in [-0.4, -0.2) is 0 Å². The normalized spacial score (nSPS) is 11.2. The lowest BCUT2D eigenvalue weighted by atomic mass is 9.95. The second-order valence-corrected chi connectivity index (χ2v) is 6.75. The SMILES string of the molecule is CCc1ccc(/C=C/c2ccc(-c3ccc(CC)cc3)c(CC)c2)cc1. The fraction of sp³-hybridized carbons (Fsp3) is 0.231. The van der Waals surface area contributed by atoms with Gasteiger partial charge < -0.3 is 0 Å². The van der Waals surface area contributed by atoms with Gasteiger partial charge in [-0.25, -0.2) is 0 Å². The van der Waals surface area contributed by atoms with Gasteiger partial charge in [0.1, 0.15) is 0 Å². The third-order valence-corrected chi connectivity index (χ3v) is 5.04. The maximum absolute atomic E-state index is 2.32. The van der Waals surface area contributed by atoms with Crippen molar-refractivity contribution in [2.24, 2.45) is 0 Å². The van der Waals surface area contributed by atoms with Gasteiger partial charge in [0.05, 0.1) is 0 Å². The standard InChI is InChI=1S/C26H28/c1-4-20-7-9-22(10-8-20)11-12-23-15-18-26(24(6-3)19-23)25-16-13-21(5-2)14-17-25/h7-19H,4-6H2,1-3H3/b12-11+. The first-order valence-corrected chi connectivity index (χ1v) is 9.72. The highest BCUT2D eigenvalue weighted by Crippen LogP contribution is 2.26. The summed E-state index contributed by atoms with van der Waals surface area (Å²) in [5.41, 5.74) is 9.34. The van der Waals surface area contributed by atoms with Crippen molar-refractivity contribution in [2.45, 2.75) is 40.0 Å². The van der Waals surface area contributed by atoms with Gasteiger partial charge in [-0.3, -0.25) is 0 Å². The Hall–Kier alpha value is -2.60. The zero-order valence-electron chi connectivity index (χ0n) is 16.1. The summed E-state index contributed by atoms with van der Waals surface area (Å²) in [6.07, 6.45) is 7.63. The lowest BCUT2D eigenvalue weighted by Gasteiger charge is -2.10. The van der Waals surface area contributed by atoms with Gasteiger partial charge in [0, 0.05) is 0 Å². The van der Waals surface area contributed by atoms with Gasteiger partial charge in [-0.05, 0) is 58.2 Å². The molecule has 0 amide bonds. The fourth-order valence-electron chi connectivity index (χ4n) is 3.27. The summed E-state index contributed by atoms with van der Waals surface area (Å²) in [5.74, 6) is 0. The summed E-state index contributed by atoms with van der Waals surface area (Å²) in [7, 11) is 0. The minimum absolute atomic E-state index is 1.04. The van der Waals surface area contributed by atoms with Crippen molar-refractivity contribution in [1.82, 2.24) is 0 Å². The lowest BCUT2D eigenvalue weighted by molar-refractivity contribution is 1.13. The van der Waals surface area contributed by atoms with Crippen LogP contribution < -0.4 is 0 Å². The van der Waals surface area contributed by atoms with Crippen molar-refractivity contribution < 1.29 is 0 Å². The van der Waals surface area contributed by atoms with E-state index in [0.717, 1.165) is 19.3 Å². The van der Waals surface area contributed by atoms with Crippen LogP contribution in [0.1, 0.15) is 48.6 Å². The molecule has 3 aromatic rings. The van der Waals surface area contributed by atoms with Crippen LogP contribution in [0.5, 0.6) is 0 Å². The predicted octanol–water partition coefficient (Wildman–Crippen LogP) is 7.21. The summed E-state index contributed by atoms with van der Waals surface area (Å²) in [5, 5.41) is 0. The van der Waals surface area contributed by atoms with Crippen LogP contribution in [0.4, 0.5) is 0 Å². The molecular weight excluding hydrogens is 312 g/mol. The quantitative estimate of drug-likeness (QED) is 0.416. The molecule has 0 heterocycles. The zero-order chi connectivity index (χ0) is 18.4. The molecule has 0 heteroatoms. The molecule has 0 aliphatic heterocycles. The molecule has 26 heavy (non-hydrogen) atoms. The van der Waals surface area contributed by atoms with Gasteiger partial charge in [-0.2, -0.15) is 0 Å². The molecule has 0 saturated carbocycles. The van der Waals surface area contributed by atoms with Crippen LogP contribution in [0.25, 0.3) is 23.3 Å². The fourth-order valence-corrected chi connectivity index (χ4v) is 3.27. The van der Waals surface area contributed by atoms with Crippen LogP contribution >= 0.6 is 0 Å². The van der Waals surface area contributed by atoms with E-state index in [-0.39, 0.29) is 0 Å². The molecule has 0 radical (unpaired) electrons. The Morgan fingerprint density at radius 1 is 0.577 bits per heavy atom. The van der Waals surface area contributed by atoms with Crippen molar-refractivity contribution >= 4 is 12.2 Å². The van der Waals surface area contributed by atoms with Gasteiger partial charge in [0.25, 0.3) is 0 Å². The van der Waals surface area contributed by atoms with Gasteiger partial charge in [-0.15, -0.1) is 0 Å². The molecule has 0 atom stereocenters. The predicted molar refractivity (Wildman–Crippen MR) is 115 cm³/mol. The maximum Gasteiger partial charge on any atom is -0.0152 e. The minimum atomic E-state index is 1.04. The molecule has 3 rings (SSSR count). The first-order chi connectivity index (χ1) is 12.7. The topological polar surface area (TPSA) is 0 Å². The molecular formula is C26H28. The van der Waals surface area contributed by atoms with Gasteiger partial charge in [0.15, 0.2) is 0 Å². The summed E-state index contributed by atoms with van der Waals surface area (Å²) < 4.78 is 0. The van der Waals surface area contributed by atoms with E-state index < -0.39 is 0 Å². The van der Waals surface area contributed by atoms with Crippen molar-refractivity contribution in [3.63, 3.8) is 0 Å². The molecule has 0 N–H and O–H groups in total. The highest BCUT2D eigenvalue weighted by molar-refractivity contribution is 5.74. The molecule has 0 spiro atoms. The minimum Gasteiger partial charge on any atom is -0.0613 e. The van der Waals surface area contributed by atoms with E-state index >= 15 is 0 Å². The third kappa shape index (κ3) is 4.32. The average Bonchev–Trinajstić information content (AvgIpc) is 2.72. The average molecular weight is 341 g/mol. The van der Waals surface area contributed by atoms with E-state index in [0.29, 0.717) is 0 Å². The first kappa shape index (κ1) is 18.2. The van der Waals surface area contributed by atoms with Gasteiger partial charge in [0.2, 0.25) is 0 Å². The number of aryl methyl sites for hydroxylation is 3. The highest BCUT2D eigenvalue weighted by atomic mass is 14.1. The van der Waals surface area contributed by atoms with E-state index in [1.54, 1.807) is 0 Å². The van der Waals surface area contributed by atoms with E-state index in [1.165, 1.54) is 38.9 Å². The Kier molecular flexibility index (Phi) is 6.07. The van der Waals surface area contributed by atoms with Crippen molar-refractivity contribution in [1.29, 1.82) is 0 Å². The molecule has 3 aromatic carbocycles. The van der Waals surface area contributed by atoms with E-state index in [4.69, 9.17) is 0 Å². The van der Waals surface area contributed by atoms with Crippen LogP contribution in [0.2, 0.25) is 0 Å². The summed E-state index contributed by atoms with van der Waals surface area (Å²) in [4.78, 5) is 0. The molecule has 0 bridgehead atoms. The Labute approximate surface area is 158 Å². The molecule has 0 aliphatic rings. The molecule has 0 aliphatic carbocycles. The Morgan fingerprint density at radius 3 is 1.69 bits per heavy atom. The van der Waals surface area contributed by atoms with Gasteiger partial charge in [-0.1, -0.05) is 99.7 Å². The Morgan fingerprint density at radius 2 is 1.12 bits per heavy atom. The molecule has 0 fully saturated rings. The molecule has 132 valence electrons. The van der Waals surface area contributed by atoms with Crippen LogP contribution in [0.3, 0.4) is 0 Å². The largest absolute Gasteiger partial charge is 0.0613 e. The van der Waals surface area contributed by atoms with Crippen molar-refractivity contribution in [3.05, 3.63) is 94.5 Å². The monoisotopic (exact) mass is 340 g/mol. The summed E-state index contributed by atoms with van der Waals surface area (Å²) >= 11 is 0. The molecule has 0 nitrogen and oxygen atoms in total. The number of benzene rings is 3. The van der Waals surface area contributed by atoms with E-state index in [1.807, 2.05) is 0 Å². The smallest absolute Gasteiger partial charge is 0.0152 e. The zero-order valence-corrected chi connectivity index (χ0v) is 16.1. The van der Waals surface area contributed by atoms with Crippen molar-refractivity contribution in [2.75, 3.05) is 0 Å². The number of hydrogen-bond acceptors (Lipinski definition) is 0. The summed E-state index contributed by atoms with van der Waals surface area (Å²) in [6, 6.07) is 24.6. The molecule has 0 unspecified atom stereocenters. The Bertz CT molecular complexity index is 865. The summed E-state index contributed by atoms with van der Waals surface area (Å²) in [6.45, 7) is 6.62. The third-order valence-electron chi connectivity index (χ3n) is 5.04. The van der Waals surface area contributed by atoms with Crippen molar-refractivity contribution in [3.8, 4) is 11.1 Å². The first-order valence-electron chi connectivity index (χ1n) is 9.72. The number of hydrogen-bond donors (Lipinski definition) is 0. The number of rotatable bonds is 6. The maximum atomic E-state index is 2.32. The highest BCUT2D eigenvalue weighted by Gasteiger charge is 2.04. The van der Waals surface area contributed by atoms with Gasteiger partial charge >= 0.3 is 0 Å². The van der Waals surface area contributed by atoms with E-state index in [9.17, 15) is 0 Å². The van der Waals surface area contributed by atoms with Crippen LogP contribution in [0.15, 0.2) is 66.7 Å². The second kappa shape index (κ2) is 8.67. The molecule has 0 aromatic heterocycles. The second-order valence-electron chi connectivity index (χ2n) is 6.75.